The Morgan fingerprint density at radius 1 is 1.21 bits per heavy atom. The molecule has 1 saturated heterocycles. The molecule has 0 saturated carbocycles. The van der Waals surface area contributed by atoms with Crippen molar-refractivity contribution in [3.63, 3.8) is 0 Å². The number of methoxy groups -OCH3 is 3. The van der Waals surface area contributed by atoms with E-state index in [1.54, 1.807) is 18.2 Å². The summed E-state index contributed by atoms with van der Waals surface area (Å²) >= 11 is 6.21. The van der Waals surface area contributed by atoms with Crippen LogP contribution in [0.5, 0.6) is 17.2 Å². The van der Waals surface area contributed by atoms with E-state index in [9.17, 15) is 9.59 Å². The Bertz CT molecular complexity index is 708. The number of carbonyl (C=O) groups is 2. The highest BCUT2D eigenvalue weighted by Gasteiger charge is 2.33. The average Bonchev–Trinajstić information content (AvgIpc) is 2.80. The minimum absolute atomic E-state index is 0.258. The molecule has 24 heavy (non-hydrogen) atoms. The van der Waals surface area contributed by atoms with Crippen molar-refractivity contribution in [3.05, 3.63) is 22.6 Å². The van der Waals surface area contributed by atoms with Crippen molar-refractivity contribution in [3.8, 4) is 17.2 Å². The van der Waals surface area contributed by atoms with Crippen molar-refractivity contribution in [2.45, 2.75) is 6.92 Å². The van der Waals surface area contributed by atoms with Crippen LogP contribution in [0.2, 0.25) is 0 Å². The predicted molar refractivity (Wildman–Crippen MR) is 94.9 cm³/mol. The van der Waals surface area contributed by atoms with Gasteiger partial charge in [-0.15, -0.1) is 0 Å². The van der Waals surface area contributed by atoms with Gasteiger partial charge in [-0.25, -0.2) is 0 Å². The van der Waals surface area contributed by atoms with Gasteiger partial charge in [-0.05, 0) is 36.0 Å². The third kappa shape index (κ3) is 3.62. The minimum Gasteiger partial charge on any atom is -0.493 e. The Hall–Kier alpha value is -2.26. The number of hydrogen-bond acceptors (Lipinski definition) is 7. The van der Waals surface area contributed by atoms with Crippen LogP contribution in [-0.2, 0) is 9.59 Å². The summed E-state index contributed by atoms with van der Waals surface area (Å²) in [5, 5.41) is 1.05. The SMILES string of the molecule is COc1cc(C=C2SC(=S)N(NC(C)=O)C2=O)cc(OC)c1OC. The fraction of sp³-hybridized carbons (Fsp3) is 0.267. The average molecular weight is 368 g/mol. The largest absolute Gasteiger partial charge is 0.493 e. The molecule has 0 unspecified atom stereocenters. The Morgan fingerprint density at radius 3 is 2.25 bits per heavy atom. The number of ether oxygens (including phenoxy) is 3. The third-order valence-corrected chi connectivity index (χ3v) is 4.35. The van der Waals surface area contributed by atoms with Crippen molar-refractivity contribution in [2.75, 3.05) is 21.3 Å². The summed E-state index contributed by atoms with van der Waals surface area (Å²) in [5.41, 5.74) is 3.07. The Balaban J connectivity index is 2.39. The molecule has 2 rings (SSSR count). The van der Waals surface area contributed by atoms with E-state index in [0.29, 0.717) is 27.7 Å². The molecule has 1 N–H and O–H groups in total. The molecule has 1 aliphatic rings. The number of hydrazine groups is 1. The van der Waals surface area contributed by atoms with Gasteiger partial charge in [0.1, 0.15) is 0 Å². The number of amides is 2. The normalized spacial score (nSPS) is 15.7. The molecule has 0 spiro atoms. The molecule has 0 aromatic heterocycles. The van der Waals surface area contributed by atoms with Crippen LogP contribution in [0.15, 0.2) is 17.0 Å². The number of nitrogens with one attached hydrogen (secondary N) is 1. The van der Waals surface area contributed by atoms with E-state index in [2.05, 4.69) is 5.43 Å². The smallest absolute Gasteiger partial charge is 0.285 e. The minimum atomic E-state index is -0.394. The van der Waals surface area contributed by atoms with Gasteiger partial charge in [0.15, 0.2) is 15.8 Å². The number of carbonyl (C=O) groups excluding carboxylic acids is 2. The first-order valence-electron chi connectivity index (χ1n) is 6.76. The van der Waals surface area contributed by atoms with Crippen LogP contribution in [0, 0.1) is 0 Å². The molecule has 7 nitrogen and oxygen atoms in total. The maximum absolute atomic E-state index is 12.3. The zero-order valence-corrected chi connectivity index (χ0v) is 15.2. The first kappa shape index (κ1) is 18.1. The molecule has 128 valence electrons. The monoisotopic (exact) mass is 368 g/mol. The summed E-state index contributed by atoms with van der Waals surface area (Å²) in [5.74, 6) is 0.637. The van der Waals surface area contributed by atoms with Gasteiger partial charge in [0.05, 0.1) is 26.2 Å². The van der Waals surface area contributed by atoms with Crippen LogP contribution in [0.25, 0.3) is 6.08 Å². The van der Waals surface area contributed by atoms with Crippen molar-refractivity contribution >= 4 is 46.2 Å². The molecular formula is C15H16N2O5S2. The summed E-state index contributed by atoms with van der Waals surface area (Å²) in [6, 6.07) is 3.43. The fourth-order valence-corrected chi connectivity index (χ4v) is 3.24. The van der Waals surface area contributed by atoms with Gasteiger partial charge in [0.2, 0.25) is 11.7 Å². The first-order chi connectivity index (χ1) is 11.4. The second kappa shape index (κ2) is 7.54. The Labute approximate surface area is 148 Å². The lowest BCUT2D eigenvalue weighted by atomic mass is 10.1. The highest BCUT2D eigenvalue weighted by Crippen LogP contribution is 2.40. The maximum Gasteiger partial charge on any atom is 0.285 e. The summed E-state index contributed by atoms with van der Waals surface area (Å²) in [7, 11) is 4.53. The quantitative estimate of drug-likeness (QED) is 0.629. The summed E-state index contributed by atoms with van der Waals surface area (Å²) in [6.45, 7) is 1.31. The lowest BCUT2D eigenvalue weighted by Crippen LogP contribution is -2.43. The van der Waals surface area contributed by atoms with Crippen molar-refractivity contribution in [1.29, 1.82) is 0 Å². The van der Waals surface area contributed by atoms with Gasteiger partial charge in [0, 0.05) is 6.92 Å². The fourth-order valence-electron chi connectivity index (χ4n) is 2.06. The maximum atomic E-state index is 12.3. The molecule has 9 heteroatoms. The molecule has 0 radical (unpaired) electrons. The molecule has 1 heterocycles. The summed E-state index contributed by atoms with van der Waals surface area (Å²) in [6.07, 6.45) is 1.64. The molecule has 0 atom stereocenters. The van der Waals surface area contributed by atoms with E-state index in [4.69, 9.17) is 26.4 Å². The Morgan fingerprint density at radius 2 is 1.79 bits per heavy atom. The molecule has 2 amide bonds. The summed E-state index contributed by atoms with van der Waals surface area (Å²) in [4.78, 5) is 23.9. The topological polar surface area (TPSA) is 77.1 Å². The van der Waals surface area contributed by atoms with Gasteiger partial charge < -0.3 is 14.2 Å². The zero-order valence-electron chi connectivity index (χ0n) is 13.5. The molecule has 0 aliphatic carbocycles. The van der Waals surface area contributed by atoms with Crippen LogP contribution in [0.3, 0.4) is 0 Å². The van der Waals surface area contributed by atoms with Gasteiger partial charge in [-0.2, -0.15) is 5.01 Å². The van der Waals surface area contributed by atoms with Gasteiger partial charge in [-0.3, -0.25) is 15.0 Å². The van der Waals surface area contributed by atoms with E-state index in [0.717, 1.165) is 16.8 Å². The van der Waals surface area contributed by atoms with Crippen molar-refractivity contribution in [1.82, 2.24) is 10.4 Å². The predicted octanol–water partition coefficient (Wildman–Crippen LogP) is 1.96. The lowest BCUT2D eigenvalue weighted by Gasteiger charge is -2.14. The highest BCUT2D eigenvalue weighted by atomic mass is 32.2. The van der Waals surface area contributed by atoms with Crippen LogP contribution >= 0.6 is 24.0 Å². The highest BCUT2D eigenvalue weighted by molar-refractivity contribution is 8.26. The van der Waals surface area contributed by atoms with E-state index >= 15 is 0 Å². The van der Waals surface area contributed by atoms with Gasteiger partial charge in [-0.1, -0.05) is 11.8 Å². The van der Waals surface area contributed by atoms with Crippen molar-refractivity contribution in [2.24, 2.45) is 0 Å². The second-order valence-corrected chi connectivity index (χ2v) is 6.32. The van der Waals surface area contributed by atoms with Gasteiger partial charge >= 0.3 is 0 Å². The number of hydrogen-bond donors (Lipinski definition) is 1. The van der Waals surface area contributed by atoms with E-state index in [-0.39, 0.29) is 10.2 Å². The molecule has 1 aromatic carbocycles. The Kier molecular flexibility index (Phi) is 5.68. The second-order valence-electron chi connectivity index (χ2n) is 4.64. The molecule has 1 aliphatic heterocycles. The summed E-state index contributed by atoms with van der Waals surface area (Å²) < 4.78 is 16.1. The molecular weight excluding hydrogens is 352 g/mol. The standard InChI is InChI=1S/C15H16N2O5S2/c1-8(18)16-17-14(19)12(24-15(17)23)7-9-5-10(20-2)13(22-4)11(6-9)21-3/h5-7H,1-4H3,(H,16,18). The zero-order chi connectivity index (χ0) is 17.9. The molecule has 1 fully saturated rings. The van der Waals surface area contributed by atoms with E-state index in [1.807, 2.05) is 0 Å². The van der Waals surface area contributed by atoms with E-state index < -0.39 is 5.91 Å². The van der Waals surface area contributed by atoms with Crippen LogP contribution < -0.4 is 19.6 Å². The van der Waals surface area contributed by atoms with Crippen LogP contribution in [-0.4, -0.2) is 42.5 Å². The van der Waals surface area contributed by atoms with Crippen LogP contribution in [0.4, 0.5) is 0 Å². The number of thiocarbonyl (C=S) groups is 1. The molecule has 1 aromatic rings. The number of nitrogens with zero attached hydrogens (tertiary/aromatic N) is 1. The number of thioether (sulfide) groups is 1. The van der Waals surface area contributed by atoms with Gasteiger partial charge in [0.25, 0.3) is 5.91 Å². The number of rotatable bonds is 5. The lowest BCUT2D eigenvalue weighted by molar-refractivity contribution is -0.131. The van der Waals surface area contributed by atoms with Crippen LogP contribution in [0.1, 0.15) is 12.5 Å². The number of benzene rings is 1. The molecule has 0 bridgehead atoms. The van der Waals surface area contributed by atoms with E-state index in [1.165, 1.54) is 28.3 Å². The third-order valence-electron chi connectivity index (χ3n) is 3.05. The first-order valence-corrected chi connectivity index (χ1v) is 7.99. The van der Waals surface area contributed by atoms with Crippen molar-refractivity contribution < 1.29 is 23.8 Å².